The fourth-order valence-electron chi connectivity index (χ4n) is 0.671. The highest BCUT2D eigenvalue weighted by atomic mass is 16.3. The second-order valence-electron chi connectivity index (χ2n) is 2.71. The summed E-state index contributed by atoms with van der Waals surface area (Å²) in [5.74, 6) is 0. The van der Waals surface area contributed by atoms with Crippen molar-refractivity contribution in [1.82, 2.24) is 4.90 Å². The zero-order valence-corrected chi connectivity index (χ0v) is 8.59. The molecule has 0 aliphatic rings. The van der Waals surface area contributed by atoms with Gasteiger partial charge in [0.25, 0.3) is 0 Å². The molecule has 0 aromatic rings. The zero-order valence-electron chi connectivity index (χ0n) is 8.59. The Labute approximate surface area is 71.2 Å². The van der Waals surface area contributed by atoms with E-state index in [9.17, 15) is 0 Å². The van der Waals surface area contributed by atoms with Gasteiger partial charge in [0.2, 0.25) is 0 Å². The van der Waals surface area contributed by atoms with Crippen molar-refractivity contribution < 1.29 is 5.11 Å². The summed E-state index contributed by atoms with van der Waals surface area (Å²) in [7, 11) is 0. The Morgan fingerprint density at radius 2 is 1.18 bits per heavy atom. The highest BCUT2D eigenvalue weighted by Gasteiger charge is 1.89. The maximum Gasteiger partial charge on any atom is 0.0483 e. The topological polar surface area (TPSA) is 23.5 Å². The third-order valence-corrected chi connectivity index (χ3v) is 1.34. The molecule has 2 heteroatoms. The predicted molar refractivity (Wildman–Crippen MR) is 50.8 cm³/mol. The molecule has 0 rings (SSSR count). The third-order valence-electron chi connectivity index (χ3n) is 1.34. The van der Waals surface area contributed by atoms with Crippen molar-refractivity contribution in [2.24, 2.45) is 0 Å². The van der Waals surface area contributed by atoms with Gasteiger partial charge in [-0.25, -0.2) is 0 Å². The first-order chi connectivity index (χ1) is 5.08. The van der Waals surface area contributed by atoms with E-state index in [1.54, 1.807) is 13.8 Å². The molecule has 0 spiro atoms. The molecular weight excluding hydrogens is 138 g/mol. The lowest BCUT2D eigenvalue weighted by Gasteiger charge is -2.13. The van der Waals surface area contributed by atoms with Gasteiger partial charge in [-0.3, -0.25) is 0 Å². The van der Waals surface area contributed by atoms with Gasteiger partial charge in [-0.15, -0.1) is 0 Å². The van der Waals surface area contributed by atoms with Gasteiger partial charge in [-0.05, 0) is 33.5 Å². The minimum absolute atomic E-state index is 0.167. The molecule has 0 aromatic carbocycles. The number of aliphatic hydroxyl groups excluding tert-OH is 1. The smallest absolute Gasteiger partial charge is 0.0483 e. The van der Waals surface area contributed by atoms with Gasteiger partial charge in [-0.2, -0.15) is 0 Å². The van der Waals surface area contributed by atoms with E-state index >= 15 is 0 Å². The highest BCUT2D eigenvalue weighted by molar-refractivity contribution is 4.43. The van der Waals surface area contributed by atoms with E-state index in [1.807, 2.05) is 0 Å². The number of nitrogens with zero attached hydrogens (tertiary/aromatic N) is 1. The summed E-state index contributed by atoms with van der Waals surface area (Å²) in [6, 6.07) is 0. The molecule has 0 aliphatic carbocycles. The Kier molecular flexibility index (Phi) is 12.2. The maximum atomic E-state index is 8.06. The first kappa shape index (κ1) is 13.5. The fourth-order valence-corrected chi connectivity index (χ4v) is 0.671. The molecule has 0 aromatic heterocycles. The van der Waals surface area contributed by atoms with Crippen molar-refractivity contribution in [2.75, 3.05) is 19.6 Å². The minimum atomic E-state index is -0.167. The van der Waals surface area contributed by atoms with Crippen molar-refractivity contribution in [3.63, 3.8) is 0 Å². The van der Waals surface area contributed by atoms with Crippen molar-refractivity contribution in [3.05, 3.63) is 0 Å². The lowest BCUT2D eigenvalue weighted by atomic mass is 10.5. The Hall–Kier alpha value is -0.0800. The molecule has 0 fully saturated rings. The lowest BCUT2D eigenvalue weighted by molar-refractivity contribution is 0.216. The Balaban J connectivity index is 0. The van der Waals surface area contributed by atoms with Crippen LogP contribution >= 0.6 is 0 Å². The molecule has 0 unspecified atom stereocenters. The summed E-state index contributed by atoms with van der Waals surface area (Å²) in [6.45, 7) is 13.6. The van der Waals surface area contributed by atoms with E-state index in [4.69, 9.17) is 5.11 Å². The molecule has 70 valence electrons. The molecule has 0 saturated heterocycles. The molecule has 0 radical (unpaired) electrons. The molecule has 0 atom stereocenters. The molecule has 0 bridgehead atoms. The highest BCUT2D eigenvalue weighted by Crippen LogP contribution is 1.81. The Morgan fingerprint density at radius 1 is 1.00 bits per heavy atom. The quantitative estimate of drug-likeness (QED) is 0.681. The van der Waals surface area contributed by atoms with Gasteiger partial charge in [0, 0.05) is 6.10 Å². The first-order valence-electron chi connectivity index (χ1n) is 4.48. The van der Waals surface area contributed by atoms with Crippen molar-refractivity contribution in [1.29, 1.82) is 0 Å². The molecule has 2 nitrogen and oxygen atoms in total. The van der Waals surface area contributed by atoms with Gasteiger partial charge >= 0.3 is 0 Å². The number of aliphatic hydroxyl groups is 1. The fraction of sp³-hybridized carbons (Fsp3) is 1.00. The van der Waals surface area contributed by atoms with E-state index in [-0.39, 0.29) is 6.10 Å². The van der Waals surface area contributed by atoms with Gasteiger partial charge in [0.05, 0.1) is 0 Å². The Bertz CT molecular complexity index is 52.3. The maximum absolute atomic E-state index is 8.06. The second kappa shape index (κ2) is 9.92. The summed E-state index contributed by atoms with van der Waals surface area (Å²) in [4.78, 5) is 2.38. The number of hydrogen-bond acceptors (Lipinski definition) is 2. The summed E-state index contributed by atoms with van der Waals surface area (Å²) in [6.07, 6.45) is -0.167. The van der Waals surface area contributed by atoms with E-state index in [1.165, 1.54) is 19.6 Å². The van der Waals surface area contributed by atoms with E-state index in [2.05, 4.69) is 25.7 Å². The molecule has 11 heavy (non-hydrogen) atoms. The summed E-state index contributed by atoms with van der Waals surface area (Å²) in [5.41, 5.74) is 0. The summed E-state index contributed by atoms with van der Waals surface area (Å²) >= 11 is 0. The molecule has 0 amide bonds. The van der Waals surface area contributed by atoms with Crippen LogP contribution in [0, 0.1) is 0 Å². The average Bonchev–Trinajstić information content (AvgIpc) is 1.90. The third kappa shape index (κ3) is 17.8. The van der Waals surface area contributed by atoms with Gasteiger partial charge in [-0.1, -0.05) is 20.8 Å². The van der Waals surface area contributed by atoms with Crippen LogP contribution in [0.2, 0.25) is 0 Å². The normalized spacial score (nSPS) is 9.82. The molecule has 1 N–H and O–H groups in total. The van der Waals surface area contributed by atoms with Gasteiger partial charge in [0.1, 0.15) is 0 Å². The number of hydrogen-bond donors (Lipinski definition) is 1. The van der Waals surface area contributed by atoms with Crippen LogP contribution in [0.5, 0.6) is 0 Å². The van der Waals surface area contributed by atoms with Crippen LogP contribution < -0.4 is 0 Å². The van der Waals surface area contributed by atoms with Gasteiger partial charge in [0.15, 0.2) is 0 Å². The molecule has 0 aliphatic heterocycles. The SMILES string of the molecule is CC(C)O.CCN(CC)CC. The summed E-state index contributed by atoms with van der Waals surface area (Å²) in [5, 5.41) is 8.06. The van der Waals surface area contributed by atoms with Crippen LogP contribution in [0.15, 0.2) is 0 Å². The second-order valence-corrected chi connectivity index (χ2v) is 2.71. The predicted octanol–water partition coefficient (Wildman–Crippen LogP) is 1.74. The van der Waals surface area contributed by atoms with Crippen LogP contribution in [0.25, 0.3) is 0 Å². The Morgan fingerprint density at radius 3 is 1.18 bits per heavy atom. The zero-order chi connectivity index (χ0) is 9.28. The molecule has 0 heterocycles. The van der Waals surface area contributed by atoms with E-state index < -0.39 is 0 Å². The largest absolute Gasteiger partial charge is 0.394 e. The standard InChI is InChI=1S/C6H15N.C3H8O/c1-4-7(5-2)6-3;1-3(2)4/h4-6H2,1-3H3;3-4H,1-2H3. The van der Waals surface area contributed by atoms with Crippen molar-refractivity contribution in [2.45, 2.75) is 40.7 Å². The van der Waals surface area contributed by atoms with Crippen LogP contribution in [-0.4, -0.2) is 35.7 Å². The lowest BCUT2D eigenvalue weighted by Crippen LogP contribution is -2.21. The minimum Gasteiger partial charge on any atom is -0.394 e. The summed E-state index contributed by atoms with van der Waals surface area (Å²) < 4.78 is 0. The monoisotopic (exact) mass is 161 g/mol. The van der Waals surface area contributed by atoms with Crippen LogP contribution in [-0.2, 0) is 0 Å². The van der Waals surface area contributed by atoms with Gasteiger partial charge < -0.3 is 10.0 Å². The van der Waals surface area contributed by atoms with Crippen LogP contribution in [0.1, 0.15) is 34.6 Å². The number of rotatable bonds is 3. The molecule has 0 saturated carbocycles. The van der Waals surface area contributed by atoms with Crippen molar-refractivity contribution in [3.8, 4) is 0 Å². The van der Waals surface area contributed by atoms with Crippen molar-refractivity contribution >= 4 is 0 Å². The average molecular weight is 161 g/mol. The van der Waals surface area contributed by atoms with E-state index in [0.717, 1.165) is 0 Å². The molecular formula is C9H23NO. The van der Waals surface area contributed by atoms with Crippen LogP contribution in [0.3, 0.4) is 0 Å². The first-order valence-corrected chi connectivity index (χ1v) is 4.48. The van der Waals surface area contributed by atoms with Crippen LogP contribution in [0.4, 0.5) is 0 Å². The van der Waals surface area contributed by atoms with E-state index in [0.29, 0.717) is 0 Å².